The number of aliphatic hydroxyl groups is 1. The molecule has 2 aliphatic carbocycles. The lowest BCUT2D eigenvalue weighted by atomic mass is 9.66. The van der Waals surface area contributed by atoms with Crippen molar-refractivity contribution in [3.05, 3.63) is 36.4 Å². The van der Waals surface area contributed by atoms with Crippen LogP contribution in [0.15, 0.2) is 30.9 Å². The number of aliphatic hydroxyl groups excluding tert-OH is 1. The van der Waals surface area contributed by atoms with Crippen molar-refractivity contribution in [2.75, 3.05) is 13.9 Å². The quantitative estimate of drug-likeness (QED) is 0.851. The Labute approximate surface area is 147 Å². The van der Waals surface area contributed by atoms with Crippen molar-refractivity contribution in [3.63, 3.8) is 0 Å². The summed E-state index contributed by atoms with van der Waals surface area (Å²) < 4.78 is 16.5. The molecule has 0 spiro atoms. The topological polar surface area (TPSA) is 65.0 Å². The smallest absolute Gasteiger partial charge is 0.231 e. The molecule has 0 amide bonds. The minimum atomic E-state index is -0.599. The molecule has 1 aromatic rings. The van der Waals surface area contributed by atoms with Gasteiger partial charge in [-0.05, 0) is 36.0 Å². The summed E-state index contributed by atoms with van der Waals surface area (Å²) in [6.07, 6.45) is 1.60. The molecule has 2 bridgehead atoms. The van der Waals surface area contributed by atoms with E-state index in [0.717, 1.165) is 17.1 Å². The van der Waals surface area contributed by atoms with E-state index >= 15 is 0 Å². The van der Waals surface area contributed by atoms with Crippen molar-refractivity contribution in [1.82, 2.24) is 0 Å². The first-order valence-corrected chi connectivity index (χ1v) is 8.77. The number of carbonyl (C=O) groups excluding carboxylic acids is 1. The maximum absolute atomic E-state index is 12.7. The molecule has 5 heteroatoms. The minimum absolute atomic E-state index is 0.0147. The third-order valence-electron chi connectivity index (χ3n) is 6.54. The Hall–Kier alpha value is -1.85. The first kappa shape index (κ1) is 16.6. The van der Waals surface area contributed by atoms with Gasteiger partial charge < -0.3 is 19.3 Å². The first-order chi connectivity index (χ1) is 12.0. The lowest BCUT2D eigenvalue weighted by Gasteiger charge is -2.41. The highest BCUT2D eigenvalue weighted by atomic mass is 16.7. The van der Waals surface area contributed by atoms with E-state index in [1.807, 2.05) is 24.3 Å². The van der Waals surface area contributed by atoms with Gasteiger partial charge in [0.15, 0.2) is 17.3 Å². The summed E-state index contributed by atoms with van der Waals surface area (Å²) in [5.74, 6) is 1.41. The van der Waals surface area contributed by atoms with Crippen LogP contribution in [0.4, 0.5) is 0 Å². The molecule has 2 saturated carbocycles. The molecule has 1 unspecified atom stereocenters. The number of methoxy groups -OCH3 is 1. The number of Topliss-reactive ketones (excluding diaryl/α,β-unsaturated/α-hetero) is 1. The average molecular weight is 344 g/mol. The zero-order valence-electron chi connectivity index (χ0n) is 14.6. The maximum Gasteiger partial charge on any atom is 0.231 e. The van der Waals surface area contributed by atoms with Crippen LogP contribution >= 0.6 is 0 Å². The van der Waals surface area contributed by atoms with E-state index in [4.69, 9.17) is 14.2 Å². The van der Waals surface area contributed by atoms with Gasteiger partial charge in [-0.2, -0.15) is 0 Å². The molecule has 0 aromatic heterocycles. The summed E-state index contributed by atoms with van der Waals surface area (Å²) in [5.41, 5.74) is 0.586. The molecular formula is C20H24O5. The second kappa shape index (κ2) is 5.85. The van der Waals surface area contributed by atoms with Crippen LogP contribution in [0.1, 0.15) is 31.2 Å². The fourth-order valence-electron chi connectivity index (χ4n) is 5.37. The molecule has 6 atom stereocenters. The number of ketones is 1. The third kappa shape index (κ3) is 2.19. The van der Waals surface area contributed by atoms with E-state index in [9.17, 15) is 9.90 Å². The Balaban J connectivity index is 1.81. The summed E-state index contributed by atoms with van der Waals surface area (Å²) in [4.78, 5) is 12.7. The van der Waals surface area contributed by atoms with Gasteiger partial charge in [0.2, 0.25) is 6.79 Å². The minimum Gasteiger partial charge on any atom is -0.454 e. The van der Waals surface area contributed by atoms with Gasteiger partial charge in [0.05, 0.1) is 6.10 Å². The molecule has 2 fully saturated rings. The van der Waals surface area contributed by atoms with Gasteiger partial charge in [-0.15, -0.1) is 6.58 Å². The zero-order valence-corrected chi connectivity index (χ0v) is 14.6. The van der Waals surface area contributed by atoms with Crippen LogP contribution in [0.5, 0.6) is 11.5 Å². The van der Waals surface area contributed by atoms with Crippen molar-refractivity contribution >= 4 is 5.78 Å². The predicted molar refractivity (Wildman–Crippen MR) is 91.6 cm³/mol. The molecule has 5 nitrogen and oxygen atoms in total. The Morgan fingerprint density at radius 2 is 2.16 bits per heavy atom. The molecule has 134 valence electrons. The highest BCUT2D eigenvalue weighted by Crippen LogP contribution is 2.62. The van der Waals surface area contributed by atoms with Crippen molar-refractivity contribution in [3.8, 4) is 11.5 Å². The van der Waals surface area contributed by atoms with Gasteiger partial charge in [-0.1, -0.05) is 19.1 Å². The number of hydrogen-bond acceptors (Lipinski definition) is 5. The molecule has 4 rings (SSSR count). The second-order valence-corrected chi connectivity index (χ2v) is 7.47. The molecular weight excluding hydrogens is 320 g/mol. The Bertz CT molecular complexity index is 714. The van der Waals surface area contributed by atoms with Crippen molar-refractivity contribution in [2.45, 2.75) is 37.9 Å². The van der Waals surface area contributed by atoms with Gasteiger partial charge in [-0.25, -0.2) is 0 Å². The first-order valence-electron chi connectivity index (χ1n) is 8.77. The van der Waals surface area contributed by atoms with Crippen LogP contribution in [-0.2, 0) is 9.53 Å². The molecule has 1 aromatic carbocycles. The predicted octanol–water partition coefficient (Wildman–Crippen LogP) is 2.68. The SMILES string of the molecule is C=CC[C@]12CC(=O)[C@@H](OC)[C@H](C1O)[C@H](c1ccc3c(c1)OCO3)[C@H]2C. The van der Waals surface area contributed by atoms with Gasteiger partial charge >= 0.3 is 0 Å². The number of fused-ring (bicyclic) bond motifs is 3. The molecule has 1 N–H and O–H groups in total. The average Bonchev–Trinajstić information content (AvgIpc) is 3.11. The van der Waals surface area contributed by atoms with Gasteiger partial charge in [0.25, 0.3) is 0 Å². The lowest BCUT2D eigenvalue weighted by Crippen LogP contribution is -2.50. The molecule has 25 heavy (non-hydrogen) atoms. The van der Waals surface area contributed by atoms with Crippen LogP contribution in [0.2, 0.25) is 0 Å². The van der Waals surface area contributed by atoms with Crippen LogP contribution in [0.25, 0.3) is 0 Å². The monoisotopic (exact) mass is 344 g/mol. The second-order valence-electron chi connectivity index (χ2n) is 7.47. The van der Waals surface area contributed by atoms with E-state index in [-0.39, 0.29) is 30.3 Å². The van der Waals surface area contributed by atoms with E-state index in [2.05, 4.69) is 13.5 Å². The normalized spacial score (nSPS) is 38.8. The molecule has 1 aliphatic heterocycles. The van der Waals surface area contributed by atoms with Crippen LogP contribution < -0.4 is 9.47 Å². The Kier molecular flexibility index (Phi) is 3.89. The lowest BCUT2D eigenvalue weighted by molar-refractivity contribution is -0.149. The summed E-state index contributed by atoms with van der Waals surface area (Å²) in [6.45, 7) is 6.21. The highest BCUT2D eigenvalue weighted by molar-refractivity contribution is 5.86. The Morgan fingerprint density at radius 1 is 1.40 bits per heavy atom. The van der Waals surface area contributed by atoms with E-state index in [1.54, 1.807) is 7.11 Å². The highest BCUT2D eigenvalue weighted by Gasteiger charge is 2.64. The summed E-state index contributed by atoms with van der Waals surface area (Å²) in [6, 6.07) is 5.90. The number of ether oxygens (including phenoxy) is 3. The molecule has 3 aliphatic rings. The van der Waals surface area contributed by atoms with E-state index < -0.39 is 17.6 Å². The summed E-state index contributed by atoms with van der Waals surface area (Å²) in [7, 11) is 1.55. The molecule has 0 radical (unpaired) electrons. The third-order valence-corrected chi connectivity index (χ3v) is 6.54. The molecule has 1 heterocycles. The van der Waals surface area contributed by atoms with Gasteiger partial charge in [0, 0.05) is 24.9 Å². The summed E-state index contributed by atoms with van der Waals surface area (Å²) in [5, 5.41) is 11.2. The number of carbonyl (C=O) groups is 1. The van der Waals surface area contributed by atoms with E-state index in [1.165, 1.54) is 0 Å². The van der Waals surface area contributed by atoms with Crippen molar-refractivity contribution < 1.29 is 24.1 Å². The summed E-state index contributed by atoms with van der Waals surface area (Å²) >= 11 is 0. The standard InChI is InChI=1S/C20H24O5/c1-4-7-20-9-13(21)18(23-3)17(19(20)22)16(11(20)2)12-5-6-14-15(8-12)25-10-24-14/h4-6,8,11,16-19,22H,1,7,9-10H2,2-3H3/t11-,16+,17-,18-,19?,20-/m1/s1. The fraction of sp³-hybridized carbons (Fsp3) is 0.550. The van der Waals surface area contributed by atoms with Gasteiger partial charge in [0.1, 0.15) is 6.10 Å². The fourth-order valence-corrected chi connectivity index (χ4v) is 5.37. The largest absolute Gasteiger partial charge is 0.454 e. The number of allylic oxidation sites excluding steroid dienone is 1. The number of rotatable bonds is 4. The van der Waals surface area contributed by atoms with Crippen molar-refractivity contribution in [1.29, 1.82) is 0 Å². The van der Waals surface area contributed by atoms with Crippen LogP contribution in [0, 0.1) is 17.3 Å². The zero-order chi connectivity index (χ0) is 17.8. The van der Waals surface area contributed by atoms with Crippen LogP contribution in [-0.4, -0.2) is 37.0 Å². The Morgan fingerprint density at radius 3 is 2.88 bits per heavy atom. The van der Waals surface area contributed by atoms with Gasteiger partial charge in [-0.3, -0.25) is 4.79 Å². The van der Waals surface area contributed by atoms with Crippen molar-refractivity contribution in [2.24, 2.45) is 17.3 Å². The number of hydrogen-bond donors (Lipinski definition) is 1. The number of benzene rings is 1. The maximum atomic E-state index is 12.7. The van der Waals surface area contributed by atoms with E-state index in [0.29, 0.717) is 12.8 Å². The molecule has 0 saturated heterocycles. The van der Waals surface area contributed by atoms with Crippen LogP contribution in [0.3, 0.4) is 0 Å².